The fourth-order valence-corrected chi connectivity index (χ4v) is 2.16. The van der Waals surface area contributed by atoms with Gasteiger partial charge in [0.05, 0.1) is 16.8 Å². The Hall–Kier alpha value is -1.24. The minimum absolute atomic E-state index is 0.320. The Morgan fingerprint density at radius 2 is 2.06 bits per heavy atom. The van der Waals surface area contributed by atoms with Crippen molar-refractivity contribution in [1.82, 2.24) is 5.43 Å². The smallest absolute Gasteiger partial charge is 0.159 e. The van der Waals surface area contributed by atoms with Gasteiger partial charge >= 0.3 is 0 Å². The van der Waals surface area contributed by atoms with Crippen LogP contribution in [-0.4, -0.2) is 0 Å². The molecule has 1 unspecified atom stereocenters. The van der Waals surface area contributed by atoms with Crippen molar-refractivity contribution >= 4 is 15.9 Å². The van der Waals surface area contributed by atoms with E-state index in [1.807, 2.05) is 0 Å². The van der Waals surface area contributed by atoms with E-state index in [1.54, 1.807) is 6.07 Å². The summed E-state index contributed by atoms with van der Waals surface area (Å²) in [6, 6.07) is 5.18. The Morgan fingerprint density at radius 3 is 2.61 bits per heavy atom. The molecule has 0 radical (unpaired) electrons. The normalized spacial score (nSPS) is 12.7. The third-order valence-corrected chi connectivity index (χ3v) is 3.24. The van der Waals surface area contributed by atoms with Gasteiger partial charge in [0.2, 0.25) is 0 Å². The number of nitrogens with one attached hydrogen (secondary N) is 1. The van der Waals surface area contributed by atoms with Crippen LogP contribution in [0.2, 0.25) is 0 Å². The zero-order chi connectivity index (χ0) is 13.1. The molecule has 96 valence electrons. The molecule has 3 nitrogen and oxygen atoms in total. The van der Waals surface area contributed by atoms with Gasteiger partial charge in [-0.2, -0.15) is 0 Å². The second kappa shape index (κ2) is 5.60. The minimum atomic E-state index is -0.873. The van der Waals surface area contributed by atoms with Crippen LogP contribution < -0.4 is 11.3 Å². The summed E-state index contributed by atoms with van der Waals surface area (Å²) in [7, 11) is 0. The molecule has 0 aliphatic carbocycles. The van der Waals surface area contributed by atoms with Gasteiger partial charge in [-0.1, -0.05) is 6.07 Å². The van der Waals surface area contributed by atoms with Crippen molar-refractivity contribution in [2.24, 2.45) is 5.84 Å². The highest BCUT2D eigenvalue weighted by Gasteiger charge is 2.17. The van der Waals surface area contributed by atoms with Crippen molar-refractivity contribution in [3.05, 3.63) is 58.0 Å². The highest BCUT2D eigenvalue weighted by atomic mass is 79.9. The molecular formula is C12H11BrF2N2O. The average Bonchev–Trinajstić information content (AvgIpc) is 2.77. The van der Waals surface area contributed by atoms with E-state index in [2.05, 4.69) is 21.4 Å². The van der Waals surface area contributed by atoms with Crippen LogP contribution in [-0.2, 0) is 6.42 Å². The van der Waals surface area contributed by atoms with Crippen molar-refractivity contribution < 1.29 is 13.2 Å². The highest BCUT2D eigenvalue weighted by Crippen LogP contribution is 2.27. The summed E-state index contributed by atoms with van der Waals surface area (Å²) in [4.78, 5) is 0. The number of halogens is 3. The first kappa shape index (κ1) is 13.2. The standard InChI is InChI=1S/C12H11BrF2N2O/c13-8-3-4-18-12(8)11(17-16)6-7-1-2-9(14)10(15)5-7/h1-5,11,17H,6,16H2. The first-order valence-electron chi connectivity index (χ1n) is 5.24. The van der Waals surface area contributed by atoms with E-state index in [1.165, 1.54) is 12.3 Å². The molecule has 0 fully saturated rings. The van der Waals surface area contributed by atoms with Gasteiger partial charge in [-0.15, -0.1) is 0 Å². The van der Waals surface area contributed by atoms with Crippen LogP contribution in [0.4, 0.5) is 8.78 Å². The first-order valence-corrected chi connectivity index (χ1v) is 6.04. The molecule has 3 N–H and O–H groups in total. The summed E-state index contributed by atoms with van der Waals surface area (Å²) in [6.45, 7) is 0. The lowest BCUT2D eigenvalue weighted by atomic mass is 10.0. The molecule has 0 bridgehead atoms. The van der Waals surface area contributed by atoms with Gasteiger partial charge in [-0.3, -0.25) is 5.84 Å². The zero-order valence-corrected chi connectivity index (χ0v) is 10.9. The Labute approximate surface area is 111 Å². The minimum Gasteiger partial charge on any atom is -0.466 e. The number of nitrogens with two attached hydrogens (primary N) is 1. The molecule has 2 rings (SSSR count). The van der Waals surface area contributed by atoms with Crippen LogP contribution in [0.1, 0.15) is 17.4 Å². The van der Waals surface area contributed by atoms with E-state index in [9.17, 15) is 8.78 Å². The quantitative estimate of drug-likeness (QED) is 0.673. The Balaban J connectivity index is 2.20. The molecule has 18 heavy (non-hydrogen) atoms. The van der Waals surface area contributed by atoms with Crippen molar-refractivity contribution in [3.63, 3.8) is 0 Å². The molecule has 0 aliphatic heterocycles. The van der Waals surface area contributed by atoms with Gasteiger partial charge in [0.15, 0.2) is 11.6 Å². The number of hydrogen-bond donors (Lipinski definition) is 2. The molecular weight excluding hydrogens is 306 g/mol. The number of furan rings is 1. The number of rotatable bonds is 4. The van der Waals surface area contributed by atoms with Crippen LogP contribution in [0.25, 0.3) is 0 Å². The molecule has 1 aromatic carbocycles. The molecule has 1 heterocycles. The lowest BCUT2D eigenvalue weighted by Gasteiger charge is -2.14. The second-order valence-corrected chi connectivity index (χ2v) is 4.66. The van der Waals surface area contributed by atoms with Gasteiger partial charge < -0.3 is 4.42 Å². The molecule has 1 atom stereocenters. The Bertz CT molecular complexity index is 545. The van der Waals surface area contributed by atoms with E-state index < -0.39 is 11.6 Å². The summed E-state index contributed by atoms with van der Waals surface area (Å²) >= 11 is 3.32. The summed E-state index contributed by atoms with van der Waals surface area (Å²) in [5.74, 6) is 4.32. The maximum Gasteiger partial charge on any atom is 0.159 e. The summed E-state index contributed by atoms with van der Waals surface area (Å²) in [5.41, 5.74) is 3.21. The van der Waals surface area contributed by atoms with Crippen LogP contribution in [0.5, 0.6) is 0 Å². The zero-order valence-electron chi connectivity index (χ0n) is 9.29. The van der Waals surface area contributed by atoms with E-state index in [-0.39, 0.29) is 6.04 Å². The molecule has 2 aromatic rings. The number of benzene rings is 1. The van der Waals surface area contributed by atoms with Gasteiger partial charge in [0.1, 0.15) is 5.76 Å². The van der Waals surface area contributed by atoms with Gasteiger partial charge in [-0.05, 0) is 46.1 Å². The second-order valence-electron chi connectivity index (χ2n) is 3.80. The molecule has 0 aliphatic rings. The molecule has 0 saturated carbocycles. The SMILES string of the molecule is NNC(Cc1ccc(F)c(F)c1)c1occc1Br. The van der Waals surface area contributed by atoms with Gasteiger partial charge in [-0.25, -0.2) is 14.2 Å². The summed E-state index contributed by atoms with van der Waals surface area (Å²) in [5, 5.41) is 0. The molecule has 0 spiro atoms. The predicted molar refractivity (Wildman–Crippen MR) is 66.5 cm³/mol. The maximum atomic E-state index is 13.1. The van der Waals surface area contributed by atoms with Crippen molar-refractivity contribution in [3.8, 4) is 0 Å². The molecule has 1 aromatic heterocycles. The van der Waals surface area contributed by atoms with Crippen LogP contribution >= 0.6 is 15.9 Å². The maximum absolute atomic E-state index is 13.1. The lowest BCUT2D eigenvalue weighted by Crippen LogP contribution is -2.29. The Kier molecular flexibility index (Phi) is 4.11. The lowest BCUT2D eigenvalue weighted by molar-refractivity contribution is 0.412. The van der Waals surface area contributed by atoms with Gasteiger partial charge in [0, 0.05) is 0 Å². The van der Waals surface area contributed by atoms with Crippen LogP contribution in [0, 0.1) is 11.6 Å². The number of hydrogen-bond acceptors (Lipinski definition) is 3. The summed E-state index contributed by atoms with van der Waals surface area (Å²) in [6.07, 6.45) is 1.91. The first-order chi connectivity index (χ1) is 8.61. The van der Waals surface area contributed by atoms with Crippen molar-refractivity contribution in [2.45, 2.75) is 12.5 Å². The van der Waals surface area contributed by atoms with Crippen LogP contribution in [0.15, 0.2) is 39.4 Å². The van der Waals surface area contributed by atoms with E-state index in [0.29, 0.717) is 17.7 Å². The fraction of sp³-hybridized carbons (Fsp3) is 0.167. The van der Waals surface area contributed by atoms with Crippen molar-refractivity contribution in [2.75, 3.05) is 0 Å². The number of hydrazine groups is 1. The topological polar surface area (TPSA) is 51.2 Å². The third kappa shape index (κ3) is 2.77. The van der Waals surface area contributed by atoms with Gasteiger partial charge in [0.25, 0.3) is 0 Å². The molecule has 0 amide bonds. The third-order valence-electron chi connectivity index (χ3n) is 2.59. The van der Waals surface area contributed by atoms with E-state index >= 15 is 0 Å². The van der Waals surface area contributed by atoms with E-state index in [0.717, 1.165) is 16.6 Å². The molecule has 0 saturated heterocycles. The molecule has 6 heteroatoms. The predicted octanol–water partition coefficient (Wildman–Crippen LogP) is 3.07. The van der Waals surface area contributed by atoms with Crippen molar-refractivity contribution in [1.29, 1.82) is 0 Å². The monoisotopic (exact) mass is 316 g/mol. The average molecular weight is 317 g/mol. The highest BCUT2D eigenvalue weighted by molar-refractivity contribution is 9.10. The van der Waals surface area contributed by atoms with Crippen LogP contribution in [0.3, 0.4) is 0 Å². The Morgan fingerprint density at radius 1 is 1.28 bits per heavy atom. The van der Waals surface area contributed by atoms with E-state index in [4.69, 9.17) is 10.3 Å². The summed E-state index contributed by atoms with van der Waals surface area (Å²) < 4.78 is 32.0. The largest absolute Gasteiger partial charge is 0.466 e. The fourth-order valence-electron chi connectivity index (χ4n) is 1.68.